The second kappa shape index (κ2) is 10.2. The van der Waals surface area contributed by atoms with Gasteiger partial charge in [-0.2, -0.15) is 5.26 Å². The van der Waals surface area contributed by atoms with Crippen LogP contribution in [0.4, 0.5) is 5.69 Å². The highest BCUT2D eigenvalue weighted by Crippen LogP contribution is 2.30. The number of rotatable bonds is 7. The predicted octanol–water partition coefficient (Wildman–Crippen LogP) is 4.29. The molecule has 0 bridgehead atoms. The molecule has 1 amide bonds. The normalized spacial score (nSPS) is 18.8. The summed E-state index contributed by atoms with van der Waals surface area (Å²) in [4.78, 5) is 14.6. The Labute approximate surface area is 180 Å². The molecule has 0 heterocycles. The zero-order valence-corrected chi connectivity index (χ0v) is 18.7. The lowest BCUT2D eigenvalue weighted by Gasteiger charge is -2.37. The number of hydrogen-bond acceptors (Lipinski definition) is 5. The third-order valence-corrected chi connectivity index (χ3v) is 6.13. The number of nitrogens with zero attached hydrogens (tertiary/aromatic N) is 2. The number of anilines is 1. The SMILES string of the molecule is Cc1c(C#N)ccc(N(C)C2CCC(NC(=O)C(=N)/C=C\C(=N)C(C)C)CC2)c1C. The van der Waals surface area contributed by atoms with Crippen LogP contribution in [-0.2, 0) is 4.79 Å². The van der Waals surface area contributed by atoms with Crippen molar-refractivity contribution in [2.45, 2.75) is 65.5 Å². The number of nitrogens with one attached hydrogen (secondary N) is 3. The van der Waals surface area contributed by atoms with E-state index in [0.717, 1.165) is 48.1 Å². The molecule has 30 heavy (non-hydrogen) atoms. The van der Waals surface area contributed by atoms with Crippen LogP contribution in [0, 0.1) is 41.9 Å². The van der Waals surface area contributed by atoms with Gasteiger partial charge in [0.25, 0.3) is 5.91 Å². The van der Waals surface area contributed by atoms with E-state index in [1.54, 1.807) is 0 Å². The predicted molar refractivity (Wildman–Crippen MR) is 123 cm³/mol. The summed E-state index contributed by atoms with van der Waals surface area (Å²) in [5, 5.41) is 27.9. The molecular formula is C24H33N5O. The molecular weight excluding hydrogens is 374 g/mol. The first-order chi connectivity index (χ1) is 14.1. The lowest BCUT2D eigenvalue weighted by atomic mass is 9.89. The Morgan fingerprint density at radius 1 is 1.17 bits per heavy atom. The molecule has 1 aliphatic carbocycles. The Bertz CT molecular complexity index is 886. The smallest absolute Gasteiger partial charge is 0.269 e. The number of nitriles is 1. The first-order valence-corrected chi connectivity index (χ1v) is 10.5. The van der Waals surface area contributed by atoms with Crippen molar-refractivity contribution in [2.24, 2.45) is 5.92 Å². The van der Waals surface area contributed by atoms with Gasteiger partial charge in [0, 0.05) is 30.5 Å². The van der Waals surface area contributed by atoms with E-state index in [1.807, 2.05) is 32.9 Å². The summed E-state index contributed by atoms with van der Waals surface area (Å²) in [5.74, 6) is -0.300. The van der Waals surface area contributed by atoms with Gasteiger partial charge in [-0.1, -0.05) is 13.8 Å². The van der Waals surface area contributed by atoms with Crippen molar-refractivity contribution in [3.05, 3.63) is 41.0 Å². The monoisotopic (exact) mass is 407 g/mol. The number of benzene rings is 1. The maximum absolute atomic E-state index is 12.3. The molecule has 0 atom stereocenters. The van der Waals surface area contributed by atoms with E-state index in [1.165, 1.54) is 12.2 Å². The van der Waals surface area contributed by atoms with Crippen molar-refractivity contribution in [3.63, 3.8) is 0 Å². The summed E-state index contributed by atoms with van der Waals surface area (Å²) in [6, 6.07) is 6.61. The molecule has 0 unspecified atom stereocenters. The van der Waals surface area contributed by atoms with Gasteiger partial charge in [0.1, 0.15) is 5.71 Å². The minimum atomic E-state index is -0.377. The van der Waals surface area contributed by atoms with E-state index < -0.39 is 0 Å². The topological polar surface area (TPSA) is 104 Å². The van der Waals surface area contributed by atoms with E-state index >= 15 is 0 Å². The average Bonchev–Trinajstić information content (AvgIpc) is 2.73. The van der Waals surface area contributed by atoms with Crippen LogP contribution < -0.4 is 10.2 Å². The van der Waals surface area contributed by atoms with Crippen LogP contribution in [0.3, 0.4) is 0 Å². The molecule has 0 radical (unpaired) electrons. The zero-order chi connectivity index (χ0) is 22.4. The Balaban J connectivity index is 1.91. The molecule has 1 aromatic carbocycles. The molecule has 160 valence electrons. The van der Waals surface area contributed by atoms with Crippen LogP contribution in [-0.4, -0.2) is 36.5 Å². The van der Waals surface area contributed by atoms with Crippen LogP contribution >= 0.6 is 0 Å². The molecule has 1 aromatic rings. The highest BCUT2D eigenvalue weighted by Gasteiger charge is 2.26. The first-order valence-electron chi connectivity index (χ1n) is 10.5. The lowest BCUT2D eigenvalue weighted by molar-refractivity contribution is -0.115. The van der Waals surface area contributed by atoms with Gasteiger partial charge < -0.3 is 15.6 Å². The minimum absolute atomic E-state index is 0.0734. The molecule has 2 rings (SSSR count). The van der Waals surface area contributed by atoms with E-state index in [4.69, 9.17) is 10.8 Å². The largest absolute Gasteiger partial charge is 0.371 e. The standard InChI is InChI=1S/C24H33N5O/c1-15(2)21(26)11-12-22(27)24(30)28-19-7-9-20(10-8-19)29(5)23-13-6-18(14-25)16(3)17(23)4/h6,11-13,15,19-20,26-27H,7-10H2,1-5H3,(H,28,30)/b12-11-,26-21?,27-22?. The highest BCUT2D eigenvalue weighted by molar-refractivity contribution is 6.42. The Hall–Kier alpha value is -2.94. The second-order valence-electron chi connectivity index (χ2n) is 8.44. The van der Waals surface area contributed by atoms with Gasteiger partial charge in [0.15, 0.2) is 0 Å². The molecule has 1 saturated carbocycles. The van der Waals surface area contributed by atoms with Crippen LogP contribution in [0.5, 0.6) is 0 Å². The van der Waals surface area contributed by atoms with Crippen molar-refractivity contribution in [2.75, 3.05) is 11.9 Å². The van der Waals surface area contributed by atoms with Gasteiger partial charge in [-0.15, -0.1) is 0 Å². The summed E-state index contributed by atoms with van der Waals surface area (Å²) in [6.07, 6.45) is 6.59. The molecule has 6 nitrogen and oxygen atoms in total. The zero-order valence-electron chi connectivity index (χ0n) is 18.7. The lowest BCUT2D eigenvalue weighted by Crippen LogP contribution is -2.44. The molecule has 3 N–H and O–H groups in total. The van der Waals surface area contributed by atoms with Gasteiger partial charge in [0.2, 0.25) is 0 Å². The number of amides is 1. The van der Waals surface area contributed by atoms with Crippen LogP contribution in [0.15, 0.2) is 24.3 Å². The quantitative estimate of drug-likeness (QED) is 0.587. The number of allylic oxidation sites excluding steroid dienone is 1. The fraction of sp³-hybridized carbons (Fsp3) is 0.500. The third kappa shape index (κ3) is 5.56. The van der Waals surface area contributed by atoms with Crippen molar-refractivity contribution in [1.82, 2.24) is 5.32 Å². The number of hydrogen-bond donors (Lipinski definition) is 3. The molecule has 6 heteroatoms. The Morgan fingerprint density at radius 2 is 1.80 bits per heavy atom. The van der Waals surface area contributed by atoms with Gasteiger partial charge in [-0.05, 0) is 80.9 Å². The fourth-order valence-corrected chi connectivity index (χ4v) is 3.82. The fourth-order valence-electron chi connectivity index (χ4n) is 3.82. The van der Waals surface area contributed by atoms with Gasteiger partial charge in [0.05, 0.1) is 11.6 Å². The van der Waals surface area contributed by atoms with Crippen LogP contribution in [0.2, 0.25) is 0 Å². The van der Waals surface area contributed by atoms with Gasteiger partial charge in [-0.25, -0.2) is 0 Å². The molecule has 0 aromatic heterocycles. The van der Waals surface area contributed by atoms with E-state index in [2.05, 4.69) is 30.3 Å². The van der Waals surface area contributed by atoms with Crippen molar-refractivity contribution in [1.29, 1.82) is 16.1 Å². The highest BCUT2D eigenvalue weighted by atomic mass is 16.1. The van der Waals surface area contributed by atoms with Gasteiger partial charge >= 0.3 is 0 Å². The third-order valence-electron chi connectivity index (χ3n) is 6.13. The molecule has 1 fully saturated rings. The van der Waals surface area contributed by atoms with E-state index in [0.29, 0.717) is 11.8 Å². The molecule has 0 saturated heterocycles. The molecule has 0 aliphatic heterocycles. The summed E-state index contributed by atoms with van der Waals surface area (Å²) >= 11 is 0. The maximum Gasteiger partial charge on any atom is 0.269 e. The number of carbonyl (C=O) groups excluding carboxylic acids is 1. The van der Waals surface area contributed by atoms with Crippen LogP contribution in [0.25, 0.3) is 0 Å². The first kappa shape index (κ1) is 23.3. The molecule has 1 aliphatic rings. The van der Waals surface area contributed by atoms with Gasteiger partial charge in [-0.3, -0.25) is 10.2 Å². The minimum Gasteiger partial charge on any atom is -0.371 e. The summed E-state index contributed by atoms with van der Waals surface area (Å²) in [6.45, 7) is 7.87. The van der Waals surface area contributed by atoms with Crippen molar-refractivity contribution < 1.29 is 4.79 Å². The summed E-state index contributed by atoms with van der Waals surface area (Å²) in [7, 11) is 2.10. The Morgan fingerprint density at radius 3 is 2.37 bits per heavy atom. The Kier molecular flexibility index (Phi) is 7.93. The van der Waals surface area contributed by atoms with E-state index in [9.17, 15) is 10.1 Å². The maximum atomic E-state index is 12.3. The van der Waals surface area contributed by atoms with Crippen molar-refractivity contribution >= 4 is 23.0 Å². The summed E-state index contributed by atoms with van der Waals surface area (Å²) < 4.78 is 0. The van der Waals surface area contributed by atoms with Crippen molar-refractivity contribution in [3.8, 4) is 6.07 Å². The number of carbonyl (C=O) groups is 1. The molecule has 0 spiro atoms. The van der Waals surface area contributed by atoms with Crippen LogP contribution in [0.1, 0.15) is 56.2 Å². The average molecular weight is 408 g/mol. The summed E-state index contributed by atoms with van der Waals surface area (Å²) in [5.41, 5.74) is 4.33. The van der Waals surface area contributed by atoms with E-state index in [-0.39, 0.29) is 23.6 Å². The second-order valence-corrected chi connectivity index (χ2v) is 8.44.